The summed E-state index contributed by atoms with van der Waals surface area (Å²) in [6.45, 7) is 0.419. The summed E-state index contributed by atoms with van der Waals surface area (Å²) in [6, 6.07) is 8.60. The van der Waals surface area contributed by atoms with Crippen LogP contribution in [0.4, 0.5) is 0 Å². The number of nitrogens with zero attached hydrogens (tertiary/aromatic N) is 2. The number of carbonyl (C=O) groups is 1. The average Bonchev–Trinajstić information content (AvgIpc) is 2.47. The van der Waals surface area contributed by atoms with Crippen LogP contribution in [0.1, 0.15) is 5.56 Å². The maximum atomic E-state index is 12.0. The molecule has 0 bridgehead atoms. The quantitative estimate of drug-likeness (QED) is 0.846. The van der Waals surface area contributed by atoms with Crippen LogP contribution in [0.2, 0.25) is 10.0 Å². The highest BCUT2D eigenvalue weighted by molar-refractivity contribution is 6.35. The van der Waals surface area contributed by atoms with E-state index in [0.29, 0.717) is 22.3 Å². The predicted octanol–water partition coefficient (Wildman–Crippen LogP) is 3.43. The Labute approximate surface area is 133 Å². The van der Waals surface area contributed by atoms with Gasteiger partial charge in [0, 0.05) is 31.0 Å². The summed E-state index contributed by atoms with van der Waals surface area (Å²) in [7, 11) is 1.72. The molecule has 21 heavy (non-hydrogen) atoms. The Kier molecular flexibility index (Phi) is 5.42. The van der Waals surface area contributed by atoms with Gasteiger partial charge in [0.2, 0.25) is 0 Å². The Balaban J connectivity index is 1.89. The number of ether oxygens (including phenoxy) is 1. The van der Waals surface area contributed by atoms with Gasteiger partial charge < -0.3 is 9.64 Å². The summed E-state index contributed by atoms with van der Waals surface area (Å²) in [6.07, 6.45) is 3.38. The minimum absolute atomic E-state index is 0.0804. The van der Waals surface area contributed by atoms with Crippen LogP contribution in [0.15, 0.2) is 42.7 Å². The number of halogens is 2. The number of carbonyl (C=O) groups excluding carboxylic acids is 1. The molecule has 1 aromatic carbocycles. The zero-order valence-corrected chi connectivity index (χ0v) is 12.9. The van der Waals surface area contributed by atoms with Crippen LogP contribution in [0.5, 0.6) is 5.75 Å². The second-order valence-electron chi connectivity index (χ2n) is 4.47. The molecule has 0 saturated heterocycles. The first kappa shape index (κ1) is 15.6. The number of benzene rings is 1. The van der Waals surface area contributed by atoms with Crippen LogP contribution in [-0.2, 0) is 11.3 Å². The fourth-order valence-electron chi connectivity index (χ4n) is 1.69. The summed E-state index contributed by atoms with van der Waals surface area (Å²) in [5.74, 6) is 0.296. The van der Waals surface area contributed by atoms with Gasteiger partial charge in [-0.1, -0.05) is 23.2 Å². The predicted molar refractivity (Wildman–Crippen MR) is 82.7 cm³/mol. The second-order valence-corrected chi connectivity index (χ2v) is 5.31. The fourth-order valence-corrected chi connectivity index (χ4v) is 2.16. The van der Waals surface area contributed by atoms with E-state index in [1.807, 2.05) is 12.1 Å². The number of amides is 1. The molecule has 0 unspecified atom stereocenters. The lowest BCUT2D eigenvalue weighted by molar-refractivity contribution is -0.132. The molecule has 0 atom stereocenters. The van der Waals surface area contributed by atoms with Crippen molar-refractivity contribution in [3.05, 3.63) is 58.3 Å². The number of rotatable bonds is 5. The molecule has 2 aromatic rings. The van der Waals surface area contributed by atoms with E-state index >= 15 is 0 Å². The van der Waals surface area contributed by atoms with E-state index in [-0.39, 0.29) is 12.5 Å². The molecular formula is C15H14Cl2N2O2. The van der Waals surface area contributed by atoms with Crippen molar-refractivity contribution in [2.24, 2.45) is 0 Å². The lowest BCUT2D eigenvalue weighted by atomic mass is 10.2. The van der Waals surface area contributed by atoms with Crippen LogP contribution in [-0.4, -0.2) is 29.4 Å². The molecule has 110 valence electrons. The Hall–Kier alpha value is -1.78. The molecule has 1 amide bonds. The number of likely N-dealkylation sites (N-methyl/N-ethyl adjacent to an activating group) is 1. The largest absolute Gasteiger partial charge is 0.482 e. The molecule has 1 aromatic heterocycles. The van der Waals surface area contributed by atoms with Gasteiger partial charge in [-0.2, -0.15) is 0 Å². The summed E-state index contributed by atoms with van der Waals surface area (Å²) in [4.78, 5) is 17.5. The van der Waals surface area contributed by atoms with E-state index in [0.717, 1.165) is 5.56 Å². The fraction of sp³-hybridized carbons (Fsp3) is 0.200. The van der Waals surface area contributed by atoms with Gasteiger partial charge in [0.1, 0.15) is 5.75 Å². The summed E-state index contributed by atoms with van der Waals surface area (Å²) in [5.41, 5.74) is 1.00. The van der Waals surface area contributed by atoms with E-state index < -0.39 is 0 Å². The highest BCUT2D eigenvalue weighted by Gasteiger charge is 2.11. The van der Waals surface area contributed by atoms with Crippen molar-refractivity contribution in [2.45, 2.75) is 6.54 Å². The van der Waals surface area contributed by atoms with Crippen molar-refractivity contribution in [3.63, 3.8) is 0 Å². The van der Waals surface area contributed by atoms with Crippen molar-refractivity contribution >= 4 is 29.1 Å². The molecule has 0 aliphatic carbocycles. The lowest BCUT2D eigenvalue weighted by Crippen LogP contribution is -2.31. The SMILES string of the molecule is CN(Cc1ccncc1)C(=O)COc1ccc(Cl)cc1Cl. The monoisotopic (exact) mass is 324 g/mol. The highest BCUT2D eigenvalue weighted by atomic mass is 35.5. The summed E-state index contributed by atoms with van der Waals surface area (Å²) in [5, 5.41) is 0.903. The van der Waals surface area contributed by atoms with Crippen molar-refractivity contribution in [1.82, 2.24) is 9.88 Å². The highest BCUT2D eigenvalue weighted by Crippen LogP contribution is 2.27. The standard InChI is InChI=1S/C15H14Cl2N2O2/c1-19(9-11-4-6-18-7-5-11)15(20)10-21-14-3-2-12(16)8-13(14)17/h2-8H,9-10H2,1H3. The molecule has 0 aliphatic rings. The van der Waals surface area contributed by atoms with Crippen LogP contribution in [0, 0.1) is 0 Å². The molecule has 0 saturated carbocycles. The van der Waals surface area contributed by atoms with Gasteiger partial charge in [-0.3, -0.25) is 9.78 Å². The van der Waals surface area contributed by atoms with Gasteiger partial charge in [-0.25, -0.2) is 0 Å². The number of pyridine rings is 1. The topological polar surface area (TPSA) is 42.4 Å². The van der Waals surface area contributed by atoms with Gasteiger partial charge in [0.15, 0.2) is 6.61 Å². The van der Waals surface area contributed by atoms with Gasteiger partial charge in [-0.15, -0.1) is 0 Å². The lowest BCUT2D eigenvalue weighted by Gasteiger charge is -2.17. The molecule has 6 heteroatoms. The maximum Gasteiger partial charge on any atom is 0.260 e. The smallest absolute Gasteiger partial charge is 0.260 e. The first-order chi connectivity index (χ1) is 10.1. The van der Waals surface area contributed by atoms with Crippen molar-refractivity contribution < 1.29 is 9.53 Å². The maximum absolute atomic E-state index is 12.0. The normalized spacial score (nSPS) is 10.2. The van der Waals surface area contributed by atoms with Gasteiger partial charge in [0.25, 0.3) is 5.91 Å². The Morgan fingerprint density at radius 1 is 1.24 bits per heavy atom. The van der Waals surface area contributed by atoms with Crippen molar-refractivity contribution in [2.75, 3.05) is 13.7 Å². The number of hydrogen-bond acceptors (Lipinski definition) is 3. The van der Waals surface area contributed by atoms with Crippen molar-refractivity contribution in [1.29, 1.82) is 0 Å². The second kappa shape index (κ2) is 7.29. The van der Waals surface area contributed by atoms with Gasteiger partial charge in [-0.05, 0) is 35.9 Å². The summed E-state index contributed by atoms with van der Waals surface area (Å²) >= 11 is 11.8. The minimum Gasteiger partial charge on any atom is -0.482 e. The molecule has 0 radical (unpaired) electrons. The van der Waals surface area contributed by atoms with Crippen LogP contribution >= 0.6 is 23.2 Å². The van der Waals surface area contributed by atoms with E-state index in [2.05, 4.69) is 4.98 Å². The molecule has 0 N–H and O–H groups in total. The third-order valence-electron chi connectivity index (χ3n) is 2.84. The van der Waals surface area contributed by atoms with Crippen LogP contribution < -0.4 is 4.74 Å². The first-order valence-corrected chi connectivity index (χ1v) is 7.02. The zero-order valence-electron chi connectivity index (χ0n) is 11.4. The first-order valence-electron chi connectivity index (χ1n) is 6.27. The van der Waals surface area contributed by atoms with E-state index in [1.54, 1.807) is 42.5 Å². The number of hydrogen-bond donors (Lipinski definition) is 0. The van der Waals surface area contributed by atoms with E-state index in [4.69, 9.17) is 27.9 Å². The Morgan fingerprint density at radius 3 is 2.62 bits per heavy atom. The van der Waals surface area contributed by atoms with Crippen LogP contribution in [0.25, 0.3) is 0 Å². The van der Waals surface area contributed by atoms with Crippen molar-refractivity contribution in [3.8, 4) is 5.75 Å². The third-order valence-corrected chi connectivity index (χ3v) is 3.37. The molecule has 0 aliphatic heterocycles. The third kappa shape index (κ3) is 4.62. The van der Waals surface area contributed by atoms with Gasteiger partial charge >= 0.3 is 0 Å². The van der Waals surface area contributed by atoms with Gasteiger partial charge in [0.05, 0.1) is 5.02 Å². The number of aromatic nitrogens is 1. The molecule has 2 rings (SSSR count). The Morgan fingerprint density at radius 2 is 1.95 bits per heavy atom. The Bertz CT molecular complexity index is 620. The summed E-state index contributed by atoms with van der Waals surface area (Å²) < 4.78 is 5.42. The molecule has 0 spiro atoms. The van der Waals surface area contributed by atoms with Crippen LogP contribution in [0.3, 0.4) is 0 Å². The molecule has 0 fully saturated rings. The molecule has 4 nitrogen and oxygen atoms in total. The molecule has 1 heterocycles. The average molecular weight is 325 g/mol. The van der Waals surface area contributed by atoms with E-state index in [1.165, 1.54) is 0 Å². The van der Waals surface area contributed by atoms with E-state index in [9.17, 15) is 4.79 Å². The molecular weight excluding hydrogens is 311 g/mol. The minimum atomic E-state index is -0.141. The zero-order chi connectivity index (χ0) is 15.2.